The summed E-state index contributed by atoms with van der Waals surface area (Å²) in [4.78, 5) is 8.93. The summed E-state index contributed by atoms with van der Waals surface area (Å²) in [7, 11) is 1.40. The molecule has 2 N–H and O–H groups in total. The SMILES string of the molecule is CCCCCCCCCCCCCCCCC[N+](C)(C)CCO.O=[P+]([O-])OO.[HH]. The molecule has 7 heteroatoms. The molecule has 172 valence electrons. The van der Waals surface area contributed by atoms with Gasteiger partial charge in [0.15, 0.2) is 0 Å². The number of unbranched alkanes of at least 4 members (excludes halogenated alkanes) is 14. The zero-order chi connectivity index (χ0) is 21.5. The molecule has 0 saturated carbocycles. The van der Waals surface area contributed by atoms with Crippen molar-refractivity contribution in [3.63, 3.8) is 0 Å². The van der Waals surface area contributed by atoms with E-state index in [-0.39, 0.29) is 1.43 Å². The maximum atomic E-state index is 9.01. The quantitative estimate of drug-likeness (QED) is 0.0913. The molecule has 0 heterocycles. The third-order valence-electron chi connectivity index (χ3n) is 5.14. The van der Waals surface area contributed by atoms with E-state index in [0.717, 1.165) is 11.0 Å². The summed E-state index contributed by atoms with van der Waals surface area (Å²) in [5.74, 6) is 0. The summed E-state index contributed by atoms with van der Waals surface area (Å²) in [6, 6.07) is 0. The van der Waals surface area contributed by atoms with Crippen LogP contribution in [-0.2, 0) is 9.24 Å². The fourth-order valence-electron chi connectivity index (χ4n) is 3.29. The van der Waals surface area contributed by atoms with Crippen LogP contribution in [0.1, 0.15) is 105 Å². The van der Waals surface area contributed by atoms with E-state index in [0.29, 0.717) is 6.61 Å². The van der Waals surface area contributed by atoms with Crippen molar-refractivity contribution in [3.05, 3.63) is 0 Å². The van der Waals surface area contributed by atoms with Crippen LogP contribution < -0.4 is 4.89 Å². The van der Waals surface area contributed by atoms with E-state index in [1.165, 1.54) is 103 Å². The smallest absolute Gasteiger partial charge is 0.521 e. The number of nitrogens with zero attached hydrogens (tertiary/aromatic N) is 1. The minimum atomic E-state index is -3.04. The lowest BCUT2D eigenvalue weighted by Crippen LogP contribution is -2.42. The predicted molar refractivity (Wildman–Crippen MR) is 117 cm³/mol. The predicted octanol–water partition coefficient (Wildman–Crippen LogP) is 5.67. The Labute approximate surface area is 176 Å². The van der Waals surface area contributed by atoms with Crippen molar-refractivity contribution >= 4 is 8.25 Å². The van der Waals surface area contributed by atoms with E-state index in [1.807, 2.05) is 0 Å². The molecule has 0 fully saturated rings. The summed E-state index contributed by atoms with van der Waals surface area (Å²) in [5.41, 5.74) is 0. The van der Waals surface area contributed by atoms with Crippen molar-refractivity contribution in [1.82, 2.24) is 0 Å². The Balaban J connectivity index is -0.000000997. The normalized spacial score (nSPS) is 11.9. The molecule has 0 rings (SSSR count). The van der Waals surface area contributed by atoms with Crippen molar-refractivity contribution in [3.8, 4) is 0 Å². The van der Waals surface area contributed by atoms with Crippen LogP contribution >= 0.6 is 8.25 Å². The number of likely N-dealkylation sites (N-methyl/N-ethyl adjacent to an activating group) is 1. The van der Waals surface area contributed by atoms with Gasteiger partial charge in [0.2, 0.25) is 0 Å². The van der Waals surface area contributed by atoms with Gasteiger partial charge in [0.1, 0.15) is 6.54 Å². The Morgan fingerprint density at radius 3 is 1.39 bits per heavy atom. The Kier molecular flexibility index (Phi) is 24.9. The van der Waals surface area contributed by atoms with Gasteiger partial charge in [-0.1, -0.05) is 90.4 Å². The molecule has 1 unspecified atom stereocenters. The van der Waals surface area contributed by atoms with Gasteiger partial charge in [0, 0.05) is 6.10 Å². The molecule has 6 nitrogen and oxygen atoms in total. The first kappa shape index (κ1) is 30.1. The van der Waals surface area contributed by atoms with Crippen molar-refractivity contribution in [2.75, 3.05) is 33.8 Å². The van der Waals surface area contributed by atoms with E-state index in [1.54, 1.807) is 0 Å². The van der Waals surface area contributed by atoms with Crippen LogP contribution in [0.2, 0.25) is 0 Å². The van der Waals surface area contributed by atoms with Crippen molar-refractivity contribution in [2.45, 2.75) is 103 Å². The van der Waals surface area contributed by atoms with Crippen LogP contribution in [0.15, 0.2) is 0 Å². The Bertz CT molecular complexity index is 336. The second kappa shape index (κ2) is 23.2. The zero-order valence-electron chi connectivity index (χ0n) is 18.7. The molecule has 0 aliphatic carbocycles. The fraction of sp³-hybridized carbons (Fsp3) is 1.00. The highest BCUT2D eigenvalue weighted by atomic mass is 31.1. The molecule has 0 saturated heterocycles. The minimum Gasteiger partial charge on any atom is -0.565 e. The second-order valence-electron chi connectivity index (χ2n) is 8.36. The number of hydrogen-bond donors (Lipinski definition) is 2. The zero-order valence-corrected chi connectivity index (χ0v) is 19.6. The minimum absolute atomic E-state index is 0. The number of quaternary nitrogens is 1. The summed E-state index contributed by atoms with van der Waals surface area (Å²) in [6.07, 6.45) is 21.4. The van der Waals surface area contributed by atoms with Crippen LogP contribution in [0.25, 0.3) is 0 Å². The van der Waals surface area contributed by atoms with Gasteiger partial charge in [-0.25, -0.2) is 5.26 Å². The Morgan fingerprint density at radius 2 is 1.11 bits per heavy atom. The summed E-state index contributed by atoms with van der Waals surface area (Å²) in [5, 5.41) is 16.1. The third-order valence-corrected chi connectivity index (χ3v) is 5.27. The Morgan fingerprint density at radius 1 is 0.786 bits per heavy atom. The van der Waals surface area contributed by atoms with Gasteiger partial charge in [0.25, 0.3) is 0 Å². The van der Waals surface area contributed by atoms with Crippen LogP contribution in [-0.4, -0.2) is 48.6 Å². The van der Waals surface area contributed by atoms with Crippen molar-refractivity contribution in [1.29, 1.82) is 0 Å². The lowest BCUT2D eigenvalue weighted by Gasteiger charge is -2.28. The largest absolute Gasteiger partial charge is 0.565 e. The molecule has 28 heavy (non-hydrogen) atoms. The van der Waals surface area contributed by atoms with Gasteiger partial charge >= 0.3 is 8.25 Å². The maximum absolute atomic E-state index is 9.01. The van der Waals surface area contributed by atoms with E-state index in [4.69, 9.17) is 19.8 Å². The van der Waals surface area contributed by atoms with Gasteiger partial charge in [-0.3, -0.25) is 0 Å². The number of aliphatic hydroxyl groups is 1. The molecule has 0 amide bonds. The van der Waals surface area contributed by atoms with Crippen molar-refractivity contribution < 1.29 is 30.4 Å². The molecule has 0 spiro atoms. The summed E-state index contributed by atoms with van der Waals surface area (Å²) >= 11 is 0. The first-order valence-corrected chi connectivity index (χ1v) is 12.4. The molecule has 0 aliphatic heterocycles. The third kappa shape index (κ3) is 28.1. The average Bonchev–Trinajstić information content (AvgIpc) is 2.65. The topological polar surface area (TPSA) is 89.8 Å². The first-order chi connectivity index (χ1) is 13.4. The lowest BCUT2D eigenvalue weighted by molar-refractivity contribution is -0.890. The molecule has 0 aromatic rings. The lowest BCUT2D eigenvalue weighted by atomic mass is 10.0. The molecular formula is C21H49NO5P+. The highest BCUT2D eigenvalue weighted by Gasteiger charge is 2.12. The summed E-state index contributed by atoms with van der Waals surface area (Å²) in [6.45, 7) is 4.69. The standard InChI is InChI=1S/C21H46NO.HO4P.H2/c1-4-5-6-7-8-9-10-11-12-13-14-15-16-17-18-19-22(2,3)20-21-23;1-4-5(2)3;/h23H,4-21H2,1-3H3;1H;1H/q+1;;. The van der Waals surface area contributed by atoms with Gasteiger partial charge in [-0.15, -0.1) is 0 Å². The molecule has 1 atom stereocenters. The molecule has 0 aromatic heterocycles. The van der Waals surface area contributed by atoms with E-state index in [2.05, 4.69) is 25.7 Å². The molecule has 0 radical (unpaired) electrons. The Hall–Kier alpha value is -0.100. The molecule has 0 aliphatic rings. The monoisotopic (exact) mass is 426 g/mol. The first-order valence-electron chi connectivity index (χ1n) is 11.3. The van der Waals surface area contributed by atoms with Gasteiger partial charge in [-0.2, -0.15) is 0 Å². The second-order valence-corrected chi connectivity index (χ2v) is 8.97. The maximum Gasteiger partial charge on any atom is 0.521 e. The fourth-order valence-corrected chi connectivity index (χ4v) is 3.29. The van der Waals surface area contributed by atoms with Crippen molar-refractivity contribution in [2.24, 2.45) is 0 Å². The van der Waals surface area contributed by atoms with Crippen LogP contribution in [0, 0.1) is 0 Å². The van der Waals surface area contributed by atoms with Gasteiger partial charge in [0.05, 0.1) is 27.2 Å². The number of rotatable bonds is 19. The molecular weight excluding hydrogens is 377 g/mol. The molecule has 0 aromatic carbocycles. The van der Waals surface area contributed by atoms with Gasteiger partial charge < -0.3 is 14.5 Å². The van der Waals surface area contributed by atoms with Gasteiger partial charge in [-0.05, 0) is 17.4 Å². The highest BCUT2D eigenvalue weighted by molar-refractivity contribution is 7.30. The average molecular weight is 427 g/mol. The van der Waals surface area contributed by atoms with E-state index < -0.39 is 8.25 Å². The van der Waals surface area contributed by atoms with Crippen LogP contribution in [0.4, 0.5) is 0 Å². The number of hydrogen-bond acceptors (Lipinski definition) is 5. The van der Waals surface area contributed by atoms with E-state index >= 15 is 0 Å². The van der Waals surface area contributed by atoms with E-state index in [9.17, 15) is 0 Å². The van der Waals surface area contributed by atoms with Crippen LogP contribution in [0.3, 0.4) is 0 Å². The van der Waals surface area contributed by atoms with Crippen LogP contribution in [0.5, 0.6) is 0 Å². The summed E-state index contributed by atoms with van der Waals surface area (Å²) < 4.78 is 12.6. The highest BCUT2D eigenvalue weighted by Crippen LogP contribution is 2.13. The molecule has 0 bridgehead atoms. The number of aliphatic hydroxyl groups excluding tert-OH is 1.